The monoisotopic (exact) mass is 225 g/mol. The second-order valence-electron chi connectivity index (χ2n) is 5.20. The maximum absolute atomic E-state index is 12.1. The molecule has 2 aliphatic rings. The number of morpholine rings is 1. The fourth-order valence-corrected chi connectivity index (χ4v) is 2.83. The van der Waals surface area contributed by atoms with Gasteiger partial charge in [-0.1, -0.05) is 20.3 Å². The zero-order valence-electron chi connectivity index (χ0n) is 10.7. The van der Waals surface area contributed by atoms with E-state index in [4.69, 9.17) is 4.74 Å². The van der Waals surface area contributed by atoms with Crippen molar-refractivity contribution in [2.24, 2.45) is 0 Å². The van der Waals surface area contributed by atoms with Crippen LogP contribution in [0.3, 0.4) is 0 Å². The van der Waals surface area contributed by atoms with Crippen molar-refractivity contribution < 1.29 is 9.53 Å². The average Bonchev–Trinajstić information content (AvgIpc) is 3.05. The Morgan fingerprint density at radius 2 is 2.00 bits per heavy atom. The summed E-state index contributed by atoms with van der Waals surface area (Å²) in [6.45, 7) is 8.03. The first-order chi connectivity index (χ1) is 7.61. The van der Waals surface area contributed by atoms with Gasteiger partial charge in [-0.3, -0.25) is 4.79 Å². The van der Waals surface area contributed by atoms with E-state index >= 15 is 0 Å². The molecular formula is C13H23NO2. The Morgan fingerprint density at radius 1 is 1.31 bits per heavy atom. The molecule has 1 aliphatic heterocycles. The number of likely N-dealkylation sites (N-methyl/N-ethyl adjacent to an activating group) is 1. The molecule has 92 valence electrons. The van der Waals surface area contributed by atoms with Crippen LogP contribution >= 0.6 is 0 Å². The summed E-state index contributed by atoms with van der Waals surface area (Å²) >= 11 is 0. The number of rotatable bonds is 4. The van der Waals surface area contributed by atoms with E-state index in [2.05, 4.69) is 20.8 Å². The highest BCUT2D eigenvalue weighted by molar-refractivity contribution is 5.89. The molecule has 2 rings (SSSR count). The minimum absolute atomic E-state index is 0.0742. The largest absolute Gasteiger partial charge is 0.357 e. The Kier molecular flexibility index (Phi) is 2.99. The Labute approximate surface area is 98.1 Å². The molecule has 1 amide bonds. The molecule has 1 saturated heterocycles. The molecule has 0 bridgehead atoms. The molecule has 1 spiro atoms. The van der Waals surface area contributed by atoms with Gasteiger partial charge >= 0.3 is 0 Å². The van der Waals surface area contributed by atoms with Crippen molar-refractivity contribution in [2.45, 2.75) is 64.1 Å². The fourth-order valence-electron chi connectivity index (χ4n) is 2.83. The van der Waals surface area contributed by atoms with E-state index in [0.29, 0.717) is 0 Å². The molecule has 1 aliphatic carbocycles. The number of amides is 1. The highest BCUT2D eigenvalue weighted by Gasteiger charge is 2.60. The lowest BCUT2D eigenvalue weighted by Crippen LogP contribution is -2.59. The molecule has 0 aromatic heterocycles. The second-order valence-corrected chi connectivity index (χ2v) is 5.20. The van der Waals surface area contributed by atoms with Crippen LogP contribution in [-0.2, 0) is 9.53 Å². The van der Waals surface area contributed by atoms with Crippen LogP contribution in [0.1, 0.15) is 52.9 Å². The molecule has 0 radical (unpaired) electrons. The third kappa shape index (κ3) is 1.75. The first-order valence-corrected chi connectivity index (χ1v) is 6.61. The van der Waals surface area contributed by atoms with Gasteiger partial charge in [0, 0.05) is 13.1 Å². The van der Waals surface area contributed by atoms with Crippen LogP contribution in [0.25, 0.3) is 0 Å². The Morgan fingerprint density at radius 3 is 2.44 bits per heavy atom. The standard InChI is InChI=1S/C13H23NO2/c1-4-7-12(5-2)10-14(6-3)11(15)13(16-12)8-9-13/h4-10H2,1-3H3. The van der Waals surface area contributed by atoms with Crippen molar-refractivity contribution >= 4 is 5.91 Å². The summed E-state index contributed by atoms with van der Waals surface area (Å²) in [6.07, 6.45) is 5.04. The lowest BCUT2D eigenvalue weighted by atomic mass is 9.91. The highest BCUT2D eigenvalue weighted by Crippen LogP contribution is 2.49. The van der Waals surface area contributed by atoms with Crippen LogP contribution in [0, 0.1) is 0 Å². The number of ether oxygens (including phenoxy) is 1. The maximum Gasteiger partial charge on any atom is 0.254 e. The Hall–Kier alpha value is -0.570. The van der Waals surface area contributed by atoms with Crippen molar-refractivity contribution in [1.29, 1.82) is 0 Å². The van der Waals surface area contributed by atoms with E-state index in [-0.39, 0.29) is 11.5 Å². The molecule has 0 aromatic rings. The van der Waals surface area contributed by atoms with E-state index < -0.39 is 5.60 Å². The summed E-state index contributed by atoms with van der Waals surface area (Å²) in [5, 5.41) is 0. The summed E-state index contributed by atoms with van der Waals surface area (Å²) in [5.74, 6) is 0.232. The van der Waals surface area contributed by atoms with E-state index in [1.54, 1.807) is 0 Å². The molecule has 3 heteroatoms. The number of carbonyl (C=O) groups is 1. The molecule has 16 heavy (non-hydrogen) atoms. The highest BCUT2D eigenvalue weighted by atomic mass is 16.5. The molecule has 3 nitrogen and oxygen atoms in total. The summed E-state index contributed by atoms with van der Waals surface area (Å²) in [5.41, 5.74) is -0.491. The van der Waals surface area contributed by atoms with Crippen molar-refractivity contribution in [3.05, 3.63) is 0 Å². The third-order valence-corrected chi connectivity index (χ3v) is 4.00. The molecular weight excluding hydrogens is 202 g/mol. The minimum atomic E-state index is -0.417. The predicted molar refractivity (Wildman–Crippen MR) is 63.2 cm³/mol. The van der Waals surface area contributed by atoms with Crippen molar-refractivity contribution in [3.8, 4) is 0 Å². The van der Waals surface area contributed by atoms with Gasteiger partial charge in [0.25, 0.3) is 5.91 Å². The quantitative estimate of drug-likeness (QED) is 0.735. The van der Waals surface area contributed by atoms with Crippen molar-refractivity contribution in [2.75, 3.05) is 13.1 Å². The lowest BCUT2D eigenvalue weighted by molar-refractivity contribution is -0.193. The zero-order valence-corrected chi connectivity index (χ0v) is 10.7. The molecule has 1 heterocycles. The minimum Gasteiger partial charge on any atom is -0.357 e. The topological polar surface area (TPSA) is 29.5 Å². The normalized spacial score (nSPS) is 32.2. The van der Waals surface area contributed by atoms with E-state index in [1.807, 2.05) is 4.90 Å². The number of hydrogen-bond donors (Lipinski definition) is 0. The number of carbonyl (C=O) groups excluding carboxylic acids is 1. The Balaban J connectivity index is 2.20. The predicted octanol–water partition coefficient (Wildman–Crippen LogP) is 2.35. The summed E-state index contributed by atoms with van der Waals surface area (Å²) < 4.78 is 6.22. The van der Waals surface area contributed by atoms with Gasteiger partial charge < -0.3 is 9.64 Å². The lowest BCUT2D eigenvalue weighted by Gasteiger charge is -2.46. The van der Waals surface area contributed by atoms with E-state index in [1.165, 1.54) is 0 Å². The maximum atomic E-state index is 12.1. The molecule has 1 saturated carbocycles. The van der Waals surface area contributed by atoms with Crippen molar-refractivity contribution in [1.82, 2.24) is 4.90 Å². The van der Waals surface area contributed by atoms with Crippen molar-refractivity contribution in [3.63, 3.8) is 0 Å². The van der Waals surface area contributed by atoms with Gasteiger partial charge in [0.1, 0.15) is 5.60 Å². The van der Waals surface area contributed by atoms with Crippen LogP contribution in [0.5, 0.6) is 0 Å². The second kappa shape index (κ2) is 4.02. The van der Waals surface area contributed by atoms with Gasteiger partial charge in [0.05, 0.1) is 5.60 Å². The van der Waals surface area contributed by atoms with Crippen LogP contribution in [0.4, 0.5) is 0 Å². The van der Waals surface area contributed by atoms with E-state index in [9.17, 15) is 4.79 Å². The first kappa shape index (κ1) is 11.9. The van der Waals surface area contributed by atoms with Gasteiger partial charge in [-0.2, -0.15) is 0 Å². The van der Waals surface area contributed by atoms with Crippen LogP contribution in [0.2, 0.25) is 0 Å². The smallest absolute Gasteiger partial charge is 0.254 e. The van der Waals surface area contributed by atoms with E-state index in [0.717, 1.165) is 45.2 Å². The average molecular weight is 225 g/mol. The van der Waals surface area contributed by atoms with Gasteiger partial charge in [-0.15, -0.1) is 0 Å². The van der Waals surface area contributed by atoms with Gasteiger partial charge in [-0.05, 0) is 32.6 Å². The SMILES string of the molecule is CCCC1(CC)CN(CC)C(=O)C2(CC2)O1. The van der Waals surface area contributed by atoms with Crippen LogP contribution in [0.15, 0.2) is 0 Å². The van der Waals surface area contributed by atoms with Crippen LogP contribution in [-0.4, -0.2) is 35.1 Å². The Bertz CT molecular complexity index is 286. The van der Waals surface area contributed by atoms with Gasteiger partial charge in [0.15, 0.2) is 0 Å². The van der Waals surface area contributed by atoms with Gasteiger partial charge in [0.2, 0.25) is 0 Å². The third-order valence-electron chi connectivity index (χ3n) is 4.00. The molecule has 0 aromatic carbocycles. The zero-order chi connectivity index (χ0) is 11.8. The number of hydrogen-bond acceptors (Lipinski definition) is 2. The van der Waals surface area contributed by atoms with Gasteiger partial charge in [-0.25, -0.2) is 0 Å². The summed E-state index contributed by atoms with van der Waals surface area (Å²) in [4.78, 5) is 14.1. The summed E-state index contributed by atoms with van der Waals surface area (Å²) in [6, 6.07) is 0. The first-order valence-electron chi connectivity index (χ1n) is 6.61. The fraction of sp³-hybridized carbons (Fsp3) is 0.923. The summed E-state index contributed by atoms with van der Waals surface area (Å²) in [7, 11) is 0. The molecule has 2 fully saturated rings. The molecule has 1 atom stereocenters. The molecule has 0 N–H and O–H groups in total. The molecule has 1 unspecified atom stereocenters. The van der Waals surface area contributed by atoms with Crippen LogP contribution < -0.4 is 0 Å². The number of nitrogens with zero attached hydrogens (tertiary/aromatic N) is 1.